The summed E-state index contributed by atoms with van der Waals surface area (Å²) in [5, 5.41) is 0. The van der Waals surface area contributed by atoms with Crippen molar-refractivity contribution in [2.75, 3.05) is 45.9 Å². The molecule has 0 spiro atoms. The highest BCUT2D eigenvalue weighted by Crippen LogP contribution is 2.21. The van der Waals surface area contributed by atoms with Crippen LogP contribution in [0.5, 0.6) is 0 Å². The summed E-state index contributed by atoms with van der Waals surface area (Å²) in [6.45, 7) is 8.92. The Morgan fingerprint density at radius 2 is 1.81 bits per heavy atom. The molecular formula is C17H25BrN2O. The monoisotopic (exact) mass is 352 g/mol. The number of nitrogens with zero attached hydrogens (tertiary/aromatic N) is 2. The molecule has 1 aromatic rings. The maximum atomic E-state index is 5.43. The third kappa shape index (κ3) is 4.78. The van der Waals surface area contributed by atoms with E-state index >= 15 is 0 Å². The number of halogens is 1. The first-order valence-electron chi connectivity index (χ1n) is 8.06. The number of likely N-dealkylation sites (tertiary alicyclic amines) is 1. The number of ether oxygens (including phenoxy) is 1. The van der Waals surface area contributed by atoms with Crippen LogP contribution in [0, 0.1) is 5.92 Å². The van der Waals surface area contributed by atoms with Gasteiger partial charge in [0, 0.05) is 30.7 Å². The predicted molar refractivity (Wildman–Crippen MR) is 89.4 cm³/mol. The van der Waals surface area contributed by atoms with Crippen LogP contribution in [0.3, 0.4) is 0 Å². The van der Waals surface area contributed by atoms with Crippen LogP contribution in [0.15, 0.2) is 28.7 Å². The number of benzene rings is 1. The van der Waals surface area contributed by atoms with E-state index in [-0.39, 0.29) is 0 Å². The standard InChI is InChI=1S/C17H25BrN2O/c18-17-3-1-2-16(12-17)14-19-6-4-15(5-7-19)13-20-8-10-21-11-9-20/h1-3,12,15H,4-11,13-14H2. The van der Waals surface area contributed by atoms with E-state index in [4.69, 9.17) is 4.74 Å². The van der Waals surface area contributed by atoms with E-state index in [1.54, 1.807) is 0 Å². The van der Waals surface area contributed by atoms with Gasteiger partial charge in [0.25, 0.3) is 0 Å². The summed E-state index contributed by atoms with van der Waals surface area (Å²) in [5.41, 5.74) is 1.41. The van der Waals surface area contributed by atoms with Crippen molar-refractivity contribution in [1.82, 2.24) is 9.80 Å². The lowest BCUT2D eigenvalue weighted by Gasteiger charge is -2.36. The fourth-order valence-corrected chi connectivity index (χ4v) is 3.82. The van der Waals surface area contributed by atoms with Crippen LogP contribution in [0.4, 0.5) is 0 Å². The maximum Gasteiger partial charge on any atom is 0.0594 e. The minimum absolute atomic E-state index is 0.877. The smallest absolute Gasteiger partial charge is 0.0594 e. The molecule has 0 radical (unpaired) electrons. The summed E-state index contributed by atoms with van der Waals surface area (Å²) in [5.74, 6) is 0.877. The zero-order valence-corrected chi connectivity index (χ0v) is 14.2. The van der Waals surface area contributed by atoms with Crippen LogP contribution in [-0.4, -0.2) is 55.7 Å². The SMILES string of the molecule is Brc1cccc(CN2CCC(CN3CCOCC3)CC2)c1. The summed E-state index contributed by atoms with van der Waals surface area (Å²) in [4.78, 5) is 5.18. The number of piperidine rings is 1. The van der Waals surface area contributed by atoms with Gasteiger partial charge in [-0.2, -0.15) is 0 Å². The van der Waals surface area contributed by atoms with Crippen molar-refractivity contribution in [3.8, 4) is 0 Å². The van der Waals surface area contributed by atoms with Gasteiger partial charge in [0.1, 0.15) is 0 Å². The van der Waals surface area contributed by atoms with Crippen molar-refractivity contribution in [2.24, 2.45) is 5.92 Å². The molecule has 2 aliphatic rings. The summed E-state index contributed by atoms with van der Waals surface area (Å²) >= 11 is 3.56. The Morgan fingerprint density at radius 1 is 1.05 bits per heavy atom. The Hall–Kier alpha value is -0.420. The molecule has 0 unspecified atom stereocenters. The molecule has 2 fully saturated rings. The van der Waals surface area contributed by atoms with Gasteiger partial charge < -0.3 is 4.74 Å². The molecule has 0 saturated carbocycles. The van der Waals surface area contributed by atoms with Crippen LogP contribution in [0.25, 0.3) is 0 Å². The molecule has 1 aromatic carbocycles. The first-order chi connectivity index (χ1) is 10.3. The van der Waals surface area contributed by atoms with E-state index in [0.717, 1.165) is 38.8 Å². The van der Waals surface area contributed by atoms with Gasteiger partial charge in [0.2, 0.25) is 0 Å². The van der Waals surface area contributed by atoms with Gasteiger partial charge in [-0.15, -0.1) is 0 Å². The highest BCUT2D eigenvalue weighted by atomic mass is 79.9. The van der Waals surface area contributed by atoms with Crippen LogP contribution in [-0.2, 0) is 11.3 Å². The molecule has 0 amide bonds. The molecular weight excluding hydrogens is 328 g/mol. The summed E-state index contributed by atoms with van der Waals surface area (Å²) in [7, 11) is 0. The van der Waals surface area contributed by atoms with E-state index < -0.39 is 0 Å². The first kappa shape index (κ1) is 15.5. The normalized spacial score (nSPS) is 22.5. The van der Waals surface area contributed by atoms with Crippen LogP contribution >= 0.6 is 15.9 Å². The van der Waals surface area contributed by atoms with E-state index in [0.29, 0.717) is 0 Å². The third-order valence-corrected chi connectivity index (χ3v) is 5.12. The molecule has 116 valence electrons. The third-order valence-electron chi connectivity index (χ3n) is 4.62. The molecule has 0 aliphatic carbocycles. The minimum Gasteiger partial charge on any atom is -0.379 e. The Kier molecular flexibility index (Phi) is 5.69. The quantitative estimate of drug-likeness (QED) is 0.828. The average Bonchev–Trinajstić information content (AvgIpc) is 2.50. The van der Waals surface area contributed by atoms with E-state index in [1.807, 2.05) is 0 Å². The molecule has 0 atom stereocenters. The average molecular weight is 353 g/mol. The molecule has 0 N–H and O–H groups in total. The fourth-order valence-electron chi connectivity index (χ4n) is 3.37. The zero-order valence-electron chi connectivity index (χ0n) is 12.6. The maximum absolute atomic E-state index is 5.43. The van der Waals surface area contributed by atoms with Crippen molar-refractivity contribution in [1.29, 1.82) is 0 Å². The molecule has 21 heavy (non-hydrogen) atoms. The minimum atomic E-state index is 0.877. The topological polar surface area (TPSA) is 15.7 Å². The van der Waals surface area contributed by atoms with E-state index in [9.17, 15) is 0 Å². The van der Waals surface area contributed by atoms with Gasteiger partial charge in [0.05, 0.1) is 13.2 Å². The number of rotatable bonds is 4. The van der Waals surface area contributed by atoms with Crippen molar-refractivity contribution in [3.05, 3.63) is 34.3 Å². The van der Waals surface area contributed by atoms with Gasteiger partial charge in [-0.25, -0.2) is 0 Å². The van der Waals surface area contributed by atoms with E-state index in [1.165, 1.54) is 42.5 Å². The Balaban J connectivity index is 1.42. The zero-order chi connectivity index (χ0) is 14.5. The molecule has 2 heterocycles. The Bertz CT molecular complexity index is 440. The Morgan fingerprint density at radius 3 is 2.52 bits per heavy atom. The molecule has 0 bridgehead atoms. The van der Waals surface area contributed by atoms with Gasteiger partial charge in [-0.05, 0) is 49.5 Å². The van der Waals surface area contributed by atoms with Gasteiger partial charge in [-0.1, -0.05) is 28.1 Å². The lowest BCUT2D eigenvalue weighted by molar-refractivity contribution is 0.0242. The molecule has 3 nitrogen and oxygen atoms in total. The Labute approximate surface area is 136 Å². The first-order valence-corrected chi connectivity index (χ1v) is 8.86. The molecule has 3 rings (SSSR count). The second-order valence-electron chi connectivity index (χ2n) is 6.26. The summed E-state index contributed by atoms with van der Waals surface area (Å²) in [6, 6.07) is 8.69. The fraction of sp³-hybridized carbons (Fsp3) is 0.647. The van der Waals surface area contributed by atoms with Crippen molar-refractivity contribution >= 4 is 15.9 Å². The van der Waals surface area contributed by atoms with Crippen LogP contribution < -0.4 is 0 Å². The highest BCUT2D eigenvalue weighted by Gasteiger charge is 2.22. The molecule has 4 heteroatoms. The van der Waals surface area contributed by atoms with Crippen LogP contribution in [0.2, 0.25) is 0 Å². The van der Waals surface area contributed by atoms with Gasteiger partial charge in [0.15, 0.2) is 0 Å². The second kappa shape index (κ2) is 7.73. The number of hydrogen-bond acceptors (Lipinski definition) is 3. The van der Waals surface area contributed by atoms with Crippen molar-refractivity contribution < 1.29 is 4.74 Å². The predicted octanol–water partition coefficient (Wildman–Crippen LogP) is 2.99. The molecule has 0 aromatic heterocycles. The highest BCUT2D eigenvalue weighted by molar-refractivity contribution is 9.10. The van der Waals surface area contributed by atoms with Crippen molar-refractivity contribution in [3.63, 3.8) is 0 Å². The lowest BCUT2D eigenvalue weighted by atomic mass is 9.95. The van der Waals surface area contributed by atoms with E-state index in [2.05, 4.69) is 50.0 Å². The van der Waals surface area contributed by atoms with Gasteiger partial charge >= 0.3 is 0 Å². The van der Waals surface area contributed by atoms with Crippen molar-refractivity contribution in [2.45, 2.75) is 19.4 Å². The van der Waals surface area contributed by atoms with Gasteiger partial charge in [-0.3, -0.25) is 9.80 Å². The lowest BCUT2D eigenvalue weighted by Crippen LogP contribution is -2.42. The second-order valence-corrected chi connectivity index (χ2v) is 7.18. The summed E-state index contributed by atoms with van der Waals surface area (Å²) < 4.78 is 6.61. The molecule has 2 saturated heterocycles. The number of hydrogen-bond donors (Lipinski definition) is 0. The summed E-state index contributed by atoms with van der Waals surface area (Å²) in [6.07, 6.45) is 2.68. The molecule has 2 aliphatic heterocycles. The number of morpholine rings is 1. The largest absolute Gasteiger partial charge is 0.379 e. The van der Waals surface area contributed by atoms with Crippen LogP contribution in [0.1, 0.15) is 18.4 Å².